The molecule has 2 aliphatic rings. The summed E-state index contributed by atoms with van der Waals surface area (Å²) in [7, 11) is 4.00. The van der Waals surface area contributed by atoms with Gasteiger partial charge < -0.3 is 34.8 Å². The molecule has 3 unspecified atom stereocenters. The van der Waals surface area contributed by atoms with Crippen LogP contribution in [0.4, 0.5) is 0 Å². The van der Waals surface area contributed by atoms with Crippen LogP contribution in [-0.4, -0.2) is 88.8 Å². The topological polar surface area (TPSA) is 103 Å². The van der Waals surface area contributed by atoms with Crippen LogP contribution < -0.4 is 4.74 Å². The van der Waals surface area contributed by atoms with Crippen molar-refractivity contribution in [2.45, 2.75) is 53.5 Å². The largest absolute Gasteiger partial charge is 0.492 e. The van der Waals surface area contributed by atoms with Crippen LogP contribution in [0, 0.1) is 0 Å². The Balaban J connectivity index is 1.58. The predicted octanol–water partition coefficient (Wildman–Crippen LogP) is 1.40. The molecule has 2 heterocycles. The van der Waals surface area contributed by atoms with E-state index in [1.54, 1.807) is 0 Å². The van der Waals surface area contributed by atoms with E-state index in [9.17, 15) is 20.4 Å². The molecule has 2 aromatic carbocycles. The fourth-order valence-electron chi connectivity index (χ4n) is 4.41. The summed E-state index contributed by atoms with van der Waals surface area (Å²) in [5.74, 6) is 0.793. The minimum absolute atomic E-state index is 0.364. The van der Waals surface area contributed by atoms with Gasteiger partial charge in [-0.25, -0.2) is 0 Å². The van der Waals surface area contributed by atoms with Crippen LogP contribution in [0.25, 0.3) is 0 Å². The van der Waals surface area contributed by atoms with Crippen molar-refractivity contribution in [2.24, 2.45) is 0 Å². The summed E-state index contributed by atoms with van der Waals surface area (Å²) >= 11 is 1.86. The van der Waals surface area contributed by atoms with Gasteiger partial charge in [-0.05, 0) is 61.8 Å². The lowest BCUT2D eigenvalue weighted by Gasteiger charge is -2.40. The van der Waals surface area contributed by atoms with Crippen molar-refractivity contribution in [2.75, 3.05) is 33.9 Å². The van der Waals surface area contributed by atoms with Crippen LogP contribution in [-0.2, 0) is 17.6 Å². The van der Waals surface area contributed by atoms with Crippen molar-refractivity contribution < 1.29 is 29.9 Å². The number of thioether (sulfide) groups is 1. The minimum atomic E-state index is -1.40. The quantitative estimate of drug-likeness (QED) is 0.455. The van der Waals surface area contributed by atoms with Gasteiger partial charge in [0.05, 0.1) is 6.61 Å². The second kappa shape index (κ2) is 10.7. The fraction of sp³-hybridized carbons (Fsp3) is 0.520. The third-order valence-electron chi connectivity index (χ3n) is 6.26. The average molecular weight is 476 g/mol. The number of aliphatic hydroxyl groups excluding tert-OH is 4. The lowest BCUT2D eigenvalue weighted by Crippen LogP contribution is -2.55. The number of ether oxygens (including phenoxy) is 2. The summed E-state index contributed by atoms with van der Waals surface area (Å²) in [5, 5.41) is 40.8. The van der Waals surface area contributed by atoms with E-state index in [-0.39, 0.29) is 0 Å². The summed E-state index contributed by atoms with van der Waals surface area (Å²) in [6.45, 7) is 0.895. The van der Waals surface area contributed by atoms with E-state index in [1.165, 1.54) is 10.5 Å². The molecule has 4 rings (SSSR count). The first-order valence-corrected chi connectivity index (χ1v) is 12.2. The van der Waals surface area contributed by atoms with Crippen molar-refractivity contribution in [1.82, 2.24) is 4.90 Å². The first-order valence-electron chi connectivity index (χ1n) is 11.3. The molecule has 33 heavy (non-hydrogen) atoms. The maximum atomic E-state index is 10.6. The van der Waals surface area contributed by atoms with Crippen molar-refractivity contribution >= 4 is 11.8 Å². The Labute approximate surface area is 199 Å². The number of fused-ring (bicyclic) bond motifs is 1. The number of rotatable bonds is 8. The molecule has 6 atom stereocenters. The van der Waals surface area contributed by atoms with Crippen LogP contribution in [0.3, 0.4) is 0 Å². The Morgan fingerprint density at radius 3 is 2.58 bits per heavy atom. The zero-order chi connectivity index (χ0) is 23.5. The summed E-state index contributed by atoms with van der Waals surface area (Å²) < 4.78 is 11.9. The lowest BCUT2D eigenvalue weighted by molar-refractivity contribution is -0.231. The van der Waals surface area contributed by atoms with Crippen molar-refractivity contribution in [3.05, 3.63) is 59.2 Å². The highest BCUT2D eigenvalue weighted by atomic mass is 32.2. The highest BCUT2D eigenvalue weighted by Crippen LogP contribution is 2.40. The predicted molar refractivity (Wildman–Crippen MR) is 127 cm³/mol. The molecule has 0 aromatic heterocycles. The third-order valence-corrected chi connectivity index (χ3v) is 7.58. The van der Waals surface area contributed by atoms with Crippen LogP contribution in [0.2, 0.25) is 0 Å². The summed E-state index contributed by atoms with van der Waals surface area (Å²) in [5.41, 5.74) is 3.04. The number of hydrogen-bond acceptors (Lipinski definition) is 8. The molecule has 0 radical (unpaired) electrons. The van der Waals surface area contributed by atoms with Gasteiger partial charge in [-0.15, -0.1) is 11.8 Å². The van der Waals surface area contributed by atoms with Gasteiger partial charge in [0.15, 0.2) is 0 Å². The Morgan fingerprint density at radius 1 is 1.06 bits per heavy atom. The molecule has 0 saturated carbocycles. The van der Waals surface area contributed by atoms with Gasteiger partial charge in [0.1, 0.15) is 42.9 Å². The third kappa shape index (κ3) is 5.54. The monoisotopic (exact) mass is 475 g/mol. The fourth-order valence-corrected chi connectivity index (χ4v) is 5.75. The lowest BCUT2D eigenvalue weighted by atomic mass is 9.90. The van der Waals surface area contributed by atoms with Gasteiger partial charge in [-0.3, -0.25) is 0 Å². The average Bonchev–Trinajstić information content (AvgIpc) is 3.21. The number of aliphatic hydroxyl groups is 4. The van der Waals surface area contributed by atoms with Gasteiger partial charge in [0.2, 0.25) is 0 Å². The van der Waals surface area contributed by atoms with Crippen molar-refractivity contribution in [3.8, 4) is 5.75 Å². The maximum absolute atomic E-state index is 10.6. The summed E-state index contributed by atoms with van der Waals surface area (Å²) in [6.07, 6.45) is -4.12. The van der Waals surface area contributed by atoms with Gasteiger partial charge in [0, 0.05) is 16.7 Å². The molecule has 0 spiro atoms. The second-order valence-corrected chi connectivity index (χ2v) is 10.4. The number of hydrogen-bond donors (Lipinski definition) is 4. The standard InChI is InChI=1S/C25H33NO6S/c1-26(2)9-10-31-19-8-7-16(25-24(30)23(29)22(28)20(14-27)32-25)11-17(19)13-18-12-15-5-3-4-6-21(15)33-18/h3-8,11,18,20,22-25,27-30H,9-10,12-14H2,1-2H3/t18?,20?,22-,23?,24-,25+/m1/s1. The van der Waals surface area contributed by atoms with E-state index in [1.807, 2.05) is 44.1 Å². The zero-order valence-corrected chi connectivity index (χ0v) is 19.8. The zero-order valence-electron chi connectivity index (χ0n) is 19.0. The Hall–Kier alpha value is -1.65. The van der Waals surface area contributed by atoms with E-state index < -0.39 is 37.1 Å². The van der Waals surface area contributed by atoms with Gasteiger partial charge >= 0.3 is 0 Å². The van der Waals surface area contributed by atoms with Gasteiger partial charge in [-0.1, -0.05) is 24.3 Å². The minimum Gasteiger partial charge on any atom is -0.492 e. The van der Waals surface area contributed by atoms with Gasteiger partial charge in [-0.2, -0.15) is 0 Å². The second-order valence-electron chi connectivity index (χ2n) is 9.02. The number of likely N-dealkylation sites (N-methyl/N-ethyl adjacent to an activating group) is 1. The van der Waals surface area contributed by atoms with Crippen molar-refractivity contribution in [1.29, 1.82) is 0 Å². The smallest absolute Gasteiger partial charge is 0.122 e. The molecule has 0 bridgehead atoms. The first kappa shape index (κ1) is 24.5. The number of benzene rings is 2. The molecule has 4 N–H and O–H groups in total. The molecular weight excluding hydrogens is 442 g/mol. The van der Waals surface area contributed by atoms with Crippen LogP contribution in [0.5, 0.6) is 5.75 Å². The molecule has 7 nitrogen and oxygen atoms in total. The van der Waals surface area contributed by atoms with E-state index >= 15 is 0 Å². The molecule has 180 valence electrons. The maximum Gasteiger partial charge on any atom is 0.122 e. The van der Waals surface area contributed by atoms with Gasteiger partial charge in [0.25, 0.3) is 0 Å². The van der Waals surface area contributed by atoms with Crippen molar-refractivity contribution in [3.63, 3.8) is 0 Å². The van der Waals surface area contributed by atoms with E-state index in [0.29, 0.717) is 17.4 Å². The Bertz CT molecular complexity index is 914. The molecule has 0 amide bonds. The molecule has 2 aromatic rings. The van der Waals surface area contributed by atoms with Crippen LogP contribution >= 0.6 is 11.8 Å². The molecule has 1 fully saturated rings. The van der Waals surface area contributed by atoms with Crippen LogP contribution in [0.1, 0.15) is 22.8 Å². The number of nitrogens with zero attached hydrogens (tertiary/aromatic N) is 1. The Kier molecular flexibility index (Phi) is 7.96. The van der Waals surface area contributed by atoms with Crippen LogP contribution in [0.15, 0.2) is 47.4 Å². The highest BCUT2D eigenvalue weighted by Gasteiger charge is 2.44. The Morgan fingerprint density at radius 2 is 1.85 bits per heavy atom. The SMILES string of the molecule is CN(C)CCOc1ccc([C@@H]2OC(CO)[C@@H](O)C(O)[C@H]2O)cc1CC1Cc2ccccc2S1. The molecular formula is C25H33NO6S. The highest BCUT2D eigenvalue weighted by molar-refractivity contribution is 8.00. The molecule has 0 aliphatic carbocycles. The first-order chi connectivity index (χ1) is 15.9. The van der Waals surface area contributed by atoms with E-state index in [2.05, 4.69) is 29.2 Å². The van der Waals surface area contributed by atoms with E-state index in [0.717, 1.165) is 30.7 Å². The molecule has 8 heteroatoms. The normalized spacial score (nSPS) is 29.3. The summed E-state index contributed by atoms with van der Waals surface area (Å²) in [6, 6.07) is 14.1. The van der Waals surface area contributed by atoms with E-state index in [4.69, 9.17) is 9.47 Å². The molecule has 1 saturated heterocycles. The summed E-state index contributed by atoms with van der Waals surface area (Å²) in [4.78, 5) is 3.37. The molecule has 2 aliphatic heterocycles.